The van der Waals surface area contributed by atoms with Gasteiger partial charge in [0.1, 0.15) is 11.6 Å². The molecule has 0 saturated heterocycles. The van der Waals surface area contributed by atoms with Gasteiger partial charge in [-0.25, -0.2) is 8.78 Å². The van der Waals surface area contributed by atoms with Crippen LogP contribution >= 0.6 is 0 Å². The predicted octanol–water partition coefficient (Wildman–Crippen LogP) is 3.41. The molecule has 0 radical (unpaired) electrons. The van der Waals surface area contributed by atoms with Crippen molar-refractivity contribution in [1.29, 1.82) is 0 Å². The molecule has 4 nitrogen and oxygen atoms in total. The van der Waals surface area contributed by atoms with E-state index in [1.54, 1.807) is 31.2 Å². The molecular formula is C17H16F2N2O2. The maximum absolute atomic E-state index is 13.7. The lowest BCUT2D eigenvalue weighted by Crippen LogP contribution is -2.27. The first-order valence-electron chi connectivity index (χ1n) is 7.00. The van der Waals surface area contributed by atoms with Crippen LogP contribution in [0.4, 0.5) is 14.5 Å². The quantitative estimate of drug-likeness (QED) is 0.907. The van der Waals surface area contributed by atoms with Gasteiger partial charge in [-0.1, -0.05) is 6.07 Å². The van der Waals surface area contributed by atoms with Crippen LogP contribution in [0.1, 0.15) is 35.8 Å². The van der Waals surface area contributed by atoms with Crippen LogP contribution in [-0.4, -0.2) is 11.8 Å². The smallest absolute Gasteiger partial charge is 0.251 e. The van der Waals surface area contributed by atoms with Gasteiger partial charge in [-0.3, -0.25) is 9.59 Å². The summed E-state index contributed by atoms with van der Waals surface area (Å²) in [4.78, 5) is 23.1. The fourth-order valence-electron chi connectivity index (χ4n) is 2.12. The first-order chi connectivity index (χ1) is 10.9. The molecular weight excluding hydrogens is 302 g/mol. The van der Waals surface area contributed by atoms with E-state index < -0.39 is 23.6 Å². The topological polar surface area (TPSA) is 58.2 Å². The van der Waals surface area contributed by atoms with Gasteiger partial charge < -0.3 is 10.6 Å². The minimum Gasteiger partial charge on any atom is -0.345 e. The van der Waals surface area contributed by atoms with Gasteiger partial charge in [0.2, 0.25) is 5.91 Å². The van der Waals surface area contributed by atoms with Crippen LogP contribution in [0, 0.1) is 11.6 Å². The number of carbonyl (C=O) groups is 2. The molecule has 2 rings (SSSR count). The molecule has 0 saturated carbocycles. The standard InChI is InChI=1S/C17H16F2N2O2/c1-10(15-8-5-13(18)9-16(15)19)20-17(23)12-3-6-14(7-4-12)21-11(2)22/h3-10H,1-2H3,(H,20,23)(H,21,22)/t10-/m0/s1. The SMILES string of the molecule is CC(=O)Nc1ccc(C(=O)N[C@@H](C)c2ccc(F)cc2F)cc1. The van der Waals surface area contributed by atoms with E-state index in [2.05, 4.69) is 10.6 Å². The lowest BCUT2D eigenvalue weighted by atomic mass is 10.1. The Morgan fingerprint density at radius 1 is 1.04 bits per heavy atom. The monoisotopic (exact) mass is 318 g/mol. The Kier molecular flexibility index (Phi) is 5.05. The second kappa shape index (κ2) is 7.00. The Balaban J connectivity index is 2.07. The number of anilines is 1. The zero-order valence-electron chi connectivity index (χ0n) is 12.7. The summed E-state index contributed by atoms with van der Waals surface area (Å²) in [5.74, 6) is -1.98. The Labute approximate surface area is 132 Å². The summed E-state index contributed by atoms with van der Waals surface area (Å²) in [7, 11) is 0. The summed E-state index contributed by atoms with van der Waals surface area (Å²) in [6, 6.07) is 8.90. The van der Waals surface area contributed by atoms with Crippen molar-refractivity contribution in [3.8, 4) is 0 Å². The third kappa shape index (κ3) is 4.35. The summed E-state index contributed by atoms with van der Waals surface area (Å²) in [5.41, 5.74) is 1.15. The van der Waals surface area contributed by atoms with Gasteiger partial charge in [0.15, 0.2) is 0 Å². The minimum atomic E-state index is -0.709. The highest BCUT2D eigenvalue weighted by Crippen LogP contribution is 2.18. The third-order valence-electron chi connectivity index (χ3n) is 3.24. The first-order valence-corrected chi connectivity index (χ1v) is 7.00. The van der Waals surface area contributed by atoms with Crippen molar-refractivity contribution < 1.29 is 18.4 Å². The molecule has 2 aromatic rings. The molecule has 2 aromatic carbocycles. The highest BCUT2D eigenvalue weighted by atomic mass is 19.1. The van der Waals surface area contributed by atoms with E-state index in [0.717, 1.165) is 12.1 Å². The van der Waals surface area contributed by atoms with Crippen molar-refractivity contribution in [1.82, 2.24) is 5.32 Å². The summed E-state index contributed by atoms with van der Waals surface area (Å²) in [6.07, 6.45) is 0. The number of rotatable bonds is 4. The van der Waals surface area contributed by atoms with Crippen molar-refractivity contribution in [3.05, 3.63) is 65.2 Å². The van der Waals surface area contributed by atoms with Gasteiger partial charge in [-0.15, -0.1) is 0 Å². The number of amides is 2. The van der Waals surface area contributed by atoms with Crippen molar-refractivity contribution in [2.75, 3.05) is 5.32 Å². The second-order valence-corrected chi connectivity index (χ2v) is 5.12. The maximum Gasteiger partial charge on any atom is 0.251 e. The van der Waals surface area contributed by atoms with Crippen LogP contribution in [0.15, 0.2) is 42.5 Å². The summed E-state index contributed by atoms with van der Waals surface area (Å²) in [6.45, 7) is 3.00. The molecule has 120 valence electrons. The number of hydrogen-bond donors (Lipinski definition) is 2. The fourth-order valence-corrected chi connectivity index (χ4v) is 2.12. The number of halogens is 2. The van der Waals surface area contributed by atoms with Crippen LogP contribution in [0.3, 0.4) is 0 Å². The zero-order valence-corrected chi connectivity index (χ0v) is 12.7. The van der Waals surface area contributed by atoms with Crippen molar-refractivity contribution in [3.63, 3.8) is 0 Å². The number of benzene rings is 2. The molecule has 0 fully saturated rings. The third-order valence-corrected chi connectivity index (χ3v) is 3.24. The molecule has 0 aromatic heterocycles. The van der Waals surface area contributed by atoms with E-state index in [0.29, 0.717) is 11.3 Å². The molecule has 0 aliphatic carbocycles. The number of hydrogen-bond acceptors (Lipinski definition) is 2. The van der Waals surface area contributed by atoms with Crippen molar-refractivity contribution >= 4 is 17.5 Å². The molecule has 2 amide bonds. The normalized spacial score (nSPS) is 11.7. The number of carbonyl (C=O) groups excluding carboxylic acids is 2. The van der Waals surface area contributed by atoms with Crippen molar-refractivity contribution in [2.24, 2.45) is 0 Å². The first kappa shape index (κ1) is 16.6. The van der Waals surface area contributed by atoms with E-state index >= 15 is 0 Å². The lowest BCUT2D eigenvalue weighted by Gasteiger charge is -2.15. The molecule has 0 heterocycles. The van der Waals surface area contributed by atoms with E-state index in [1.165, 1.54) is 13.0 Å². The molecule has 6 heteroatoms. The van der Waals surface area contributed by atoms with Crippen LogP contribution in [-0.2, 0) is 4.79 Å². The van der Waals surface area contributed by atoms with Gasteiger partial charge in [0, 0.05) is 29.8 Å². The van der Waals surface area contributed by atoms with E-state index in [9.17, 15) is 18.4 Å². The largest absolute Gasteiger partial charge is 0.345 e. The van der Waals surface area contributed by atoms with Gasteiger partial charge in [0.05, 0.1) is 6.04 Å². The Morgan fingerprint density at radius 2 is 1.70 bits per heavy atom. The fraction of sp³-hybridized carbons (Fsp3) is 0.176. The van der Waals surface area contributed by atoms with Gasteiger partial charge >= 0.3 is 0 Å². The van der Waals surface area contributed by atoms with Crippen molar-refractivity contribution in [2.45, 2.75) is 19.9 Å². The van der Waals surface area contributed by atoms with E-state index in [1.807, 2.05) is 0 Å². The molecule has 2 N–H and O–H groups in total. The molecule has 0 aliphatic rings. The van der Waals surface area contributed by atoms with Crippen LogP contribution in [0.5, 0.6) is 0 Å². The Bertz CT molecular complexity index is 730. The van der Waals surface area contributed by atoms with Crippen LogP contribution in [0.25, 0.3) is 0 Å². The molecule has 0 bridgehead atoms. The maximum atomic E-state index is 13.7. The summed E-state index contributed by atoms with van der Waals surface area (Å²) < 4.78 is 26.6. The minimum absolute atomic E-state index is 0.203. The molecule has 0 unspecified atom stereocenters. The molecule has 23 heavy (non-hydrogen) atoms. The number of nitrogens with one attached hydrogen (secondary N) is 2. The molecule has 1 atom stereocenters. The highest BCUT2D eigenvalue weighted by Gasteiger charge is 2.15. The van der Waals surface area contributed by atoms with Crippen LogP contribution < -0.4 is 10.6 Å². The summed E-state index contributed by atoms with van der Waals surface area (Å²) >= 11 is 0. The zero-order chi connectivity index (χ0) is 17.0. The second-order valence-electron chi connectivity index (χ2n) is 5.12. The predicted molar refractivity (Wildman–Crippen MR) is 83.0 cm³/mol. The van der Waals surface area contributed by atoms with Gasteiger partial charge in [-0.2, -0.15) is 0 Å². The highest BCUT2D eigenvalue weighted by molar-refractivity contribution is 5.95. The van der Waals surface area contributed by atoms with E-state index in [-0.39, 0.29) is 11.5 Å². The average molecular weight is 318 g/mol. The van der Waals surface area contributed by atoms with Gasteiger partial charge in [0.25, 0.3) is 5.91 Å². The lowest BCUT2D eigenvalue weighted by molar-refractivity contribution is -0.114. The molecule has 0 spiro atoms. The van der Waals surface area contributed by atoms with E-state index in [4.69, 9.17) is 0 Å². The Hall–Kier alpha value is -2.76. The molecule has 0 aliphatic heterocycles. The van der Waals surface area contributed by atoms with Gasteiger partial charge in [-0.05, 0) is 37.3 Å². The Morgan fingerprint density at radius 3 is 2.26 bits per heavy atom. The summed E-state index contributed by atoms with van der Waals surface area (Å²) in [5, 5.41) is 5.24. The van der Waals surface area contributed by atoms with Crippen LogP contribution in [0.2, 0.25) is 0 Å². The average Bonchev–Trinajstić information content (AvgIpc) is 2.47.